The molecule has 0 saturated heterocycles. The highest BCUT2D eigenvalue weighted by Gasteiger charge is 2.40. The Morgan fingerprint density at radius 1 is 0.939 bits per heavy atom. The van der Waals surface area contributed by atoms with E-state index in [-0.39, 0.29) is 18.4 Å². The number of carbonyl (C=O) groups is 1. The molecule has 0 fully saturated rings. The first-order valence-corrected chi connectivity index (χ1v) is 12.3. The SMILES string of the molecule is CC(C)(C)c1ccc(NC(=O)[C@@H]2Cc3ccccc3CN2S(=O)(=O)c2ccccc2F)cc1. The molecule has 1 aliphatic heterocycles. The Morgan fingerprint density at radius 3 is 2.18 bits per heavy atom. The van der Waals surface area contributed by atoms with Gasteiger partial charge in [-0.05, 0) is 52.8 Å². The summed E-state index contributed by atoms with van der Waals surface area (Å²) in [5.74, 6) is -1.29. The van der Waals surface area contributed by atoms with Crippen LogP contribution in [0.5, 0.6) is 0 Å². The summed E-state index contributed by atoms with van der Waals surface area (Å²) in [5, 5.41) is 2.85. The Labute approximate surface area is 194 Å². The molecule has 0 bridgehead atoms. The van der Waals surface area contributed by atoms with E-state index in [9.17, 15) is 17.6 Å². The zero-order valence-corrected chi connectivity index (χ0v) is 19.7. The molecule has 172 valence electrons. The first kappa shape index (κ1) is 23.1. The highest BCUT2D eigenvalue weighted by Crippen LogP contribution is 2.31. The first-order valence-electron chi connectivity index (χ1n) is 10.8. The highest BCUT2D eigenvalue weighted by molar-refractivity contribution is 7.89. The van der Waals surface area contributed by atoms with Crippen LogP contribution in [-0.2, 0) is 33.2 Å². The molecule has 0 unspecified atom stereocenters. The van der Waals surface area contributed by atoms with E-state index in [1.54, 1.807) is 0 Å². The highest BCUT2D eigenvalue weighted by atomic mass is 32.2. The van der Waals surface area contributed by atoms with E-state index < -0.39 is 32.7 Å². The zero-order valence-electron chi connectivity index (χ0n) is 18.9. The Morgan fingerprint density at radius 2 is 1.55 bits per heavy atom. The number of anilines is 1. The lowest BCUT2D eigenvalue weighted by Crippen LogP contribution is -2.50. The van der Waals surface area contributed by atoms with Gasteiger partial charge in [0.2, 0.25) is 15.9 Å². The summed E-state index contributed by atoms with van der Waals surface area (Å²) < 4.78 is 42.4. The molecule has 33 heavy (non-hydrogen) atoms. The molecule has 1 amide bonds. The van der Waals surface area contributed by atoms with Gasteiger partial charge in [-0.3, -0.25) is 4.79 Å². The lowest BCUT2D eigenvalue weighted by molar-refractivity contribution is -0.120. The third-order valence-electron chi connectivity index (χ3n) is 5.95. The fraction of sp³-hybridized carbons (Fsp3) is 0.269. The van der Waals surface area contributed by atoms with Crippen molar-refractivity contribution in [3.8, 4) is 0 Å². The molecule has 0 saturated carbocycles. The lowest BCUT2D eigenvalue weighted by atomic mass is 9.87. The van der Waals surface area contributed by atoms with Gasteiger partial charge < -0.3 is 5.32 Å². The van der Waals surface area contributed by atoms with Crippen LogP contribution in [0.4, 0.5) is 10.1 Å². The summed E-state index contributed by atoms with van der Waals surface area (Å²) >= 11 is 0. The van der Waals surface area contributed by atoms with Gasteiger partial charge in [-0.2, -0.15) is 4.31 Å². The number of hydrogen-bond acceptors (Lipinski definition) is 3. The van der Waals surface area contributed by atoms with Gasteiger partial charge in [0.05, 0.1) is 0 Å². The van der Waals surface area contributed by atoms with Crippen molar-refractivity contribution in [2.24, 2.45) is 0 Å². The lowest BCUT2D eigenvalue weighted by Gasteiger charge is -2.35. The normalized spacial score (nSPS) is 16.8. The van der Waals surface area contributed by atoms with E-state index in [0.29, 0.717) is 5.69 Å². The molecule has 1 aliphatic rings. The van der Waals surface area contributed by atoms with Crippen molar-refractivity contribution in [3.05, 3.63) is 95.3 Å². The zero-order chi connectivity index (χ0) is 23.8. The van der Waals surface area contributed by atoms with Crippen LogP contribution in [0.3, 0.4) is 0 Å². The Kier molecular flexibility index (Phi) is 6.12. The van der Waals surface area contributed by atoms with Gasteiger partial charge in [0.25, 0.3) is 0 Å². The van der Waals surface area contributed by atoms with E-state index in [2.05, 4.69) is 26.1 Å². The summed E-state index contributed by atoms with van der Waals surface area (Å²) in [6, 6.07) is 19.2. The van der Waals surface area contributed by atoms with Crippen LogP contribution in [0.2, 0.25) is 0 Å². The minimum Gasteiger partial charge on any atom is -0.325 e. The number of benzene rings is 3. The number of sulfonamides is 1. The summed E-state index contributed by atoms with van der Waals surface area (Å²) in [6.07, 6.45) is 0.204. The smallest absolute Gasteiger partial charge is 0.247 e. The van der Waals surface area contributed by atoms with Gasteiger partial charge >= 0.3 is 0 Å². The number of nitrogens with zero attached hydrogens (tertiary/aromatic N) is 1. The summed E-state index contributed by atoms with van der Waals surface area (Å²) in [6.45, 7) is 6.30. The Balaban J connectivity index is 1.68. The fourth-order valence-electron chi connectivity index (χ4n) is 4.03. The monoisotopic (exact) mass is 466 g/mol. The van der Waals surface area contributed by atoms with Gasteiger partial charge in [0.1, 0.15) is 16.8 Å². The molecule has 1 atom stereocenters. The molecule has 0 spiro atoms. The van der Waals surface area contributed by atoms with Crippen LogP contribution in [0, 0.1) is 5.82 Å². The topological polar surface area (TPSA) is 66.5 Å². The number of amides is 1. The number of nitrogens with one attached hydrogen (secondary N) is 1. The molecular formula is C26H27FN2O3S. The molecule has 1 N–H and O–H groups in total. The number of halogens is 1. The molecule has 4 rings (SSSR count). The van der Waals surface area contributed by atoms with Gasteiger partial charge in [-0.1, -0.05) is 69.3 Å². The van der Waals surface area contributed by atoms with Crippen LogP contribution in [0.15, 0.2) is 77.7 Å². The molecule has 1 heterocycles. The predicted molar refractivity (Wildman–Crippen MR) is 127 cm³/mol. The molecule has 3 aromatic rings. The van der Waals surface area contributed by atoms with E-state index in [4.69, 9.17) is 0 Å². The average molecular weight is 467 g/mol. The van der Waals surface area contributed by atoms with Crippen molar-refractivity contribution in [2.45, 2.75) is 50.1 Å². The summed E-state index contributed by atoms with van der Waals surface area (Å²) in [5.41, 5.74) is 3.38. The molecular weight excluding hydrogens is 439 g/mol. The van der Waals surface area contributed by atoms with E-state index in [1.165, 1.54) is 18.2 Å². The molecule has 5 nitrogen and oxygen atoms in total. The molecule has 0 radical (unpaired) electrons. The van der Waals surface area contributed by atoms with Crippen molar-refractivity contribution >= 4 is 21.6 Å². The van der Waals surface area contributed by atoms with E-state index in [0.717, 1.165) is 27.1 Å². The maximum Gasteiger partial charge on any atom is 0.247 e. The average Bonchev–Trinajstić information content (AvgIpc) is 2.78. The molecule has 0 aliphatic carbocycles. The summed E-state index contributed by atoms with van der Waals surface area (Å²) in [4.78, 5) is 12.9. The standard InChI is InChI=1S/C26H27FN2O3S/c1-26(2,3)20-12-14-21(15-13-20)28-25(30)23-16-18-8-4-5-9-19(18)17-29(23)33(31,32)24-11-7-6-10-22(24)27/h4-15,23H,16-17H2,1-3H3,(H,28,30)/t23-/m0/s1. The fourth-order valence-corrected chi connectivity index (χ4v) is 5.67. The second-order valence-corrected chi connectivity index (χ2v) is 11.1. The first-order chi connectivity index (χ1) is 15.6. The second-order valence-electron chi connectivity index (χ2n) is 9.29. The predicted octanol–water partition coefficient (Wildman–Crippen LogP) is 4.88. The number of hydrogen-bond donors (Lipinski definition) is 1. The van der Waals surface area contributed by atoms with Crippen LogP contribution < -0.4 is 5.32 Å². The maximum atomic E-state index is 14.4. The van der Waals surface area contributed by atoms with Crippen molar-refractivity contribution in [2.75, 3.05) is 5.32 Å². The third-order valence-corrected chi connectivity index (χ3v) is 7.84. The second kappa shape index (κ2) is 8.72. The molecule has 7 heteroatoms. The van der Waals surface area contributed by atoms with Crippen molar-refractivity contribution in [1.29, 1.82) is 0 Å². The minimum atomic E-state index is -4.25. The Bertz CT molecular complexity index is 1280. The van der Waals surface area contributed by atoms with Gasteiger partial charge in [-0.25, -0.2) is 12.8 Å². The minimum absolute atomic E-state index is 0.00606. The van der Waals surface area contributed by atoms with Gasteiger partial charge in [0, 0.05) is 12.2 Å². The number of carbonyl (C=O) groups excluding carboxylic acids is 1. The van der Waals surface area contributed by atoms with Crippen LogP contribution >= 0.6 is 0 Å². The van der Waals surface area contributed by atoms with Crippen LogP contribution in [0.25, 0.3) is 0 Å². The van der Waals surface area contributed by atoms with Gasteiger partial charge in [-0.15, -0.1) is 0 Å². The van der Waals surface area contributed by atoms with Gasteiger partial charge in [0.15, 0.2) is 0 Å². The number of fused-ring (bicyclic) bond motifs is 1. The quantitative estimate of drug-likeness (QED) is 0.596. The van der Waals surface area contributed by atoms with Crippen molar-refractivity contribution in [1.82, 2.24) is 4.31 Å². The Hall–Kier alpha value is -3.03. The largest absolute Gasteiger partial charge is 0.325 e. The third kappa shape index (κ3) is 4.70. The molecule has 3 aromatic carbocycles. The summed E-state index contributed by atoms with van der Waals surface area (Å²) in [7, 11) is -4.25. The number of rotatable bonds is 4. The van der Waals surface area contributed by atoms with Crippen LogP contribution in [-0.4, -0.2) is 24.7 Å². The van der Waals surface area contributed by atoms with E-state index >= 15 is 0 Å². The van der Waals surface area contributed by atoms with E-state index in [1.807, 2.05) is 48.5 Å². The maximum absolute atomic E-state index is 14.4. The van der Waals surface area contributed by atoms with Crippen molar-refractivity contribution in [3.63, 3.8) is 0 Å². The molecule has 0 aromatic heterocycles. The van der Waals surface area contributed by atoms with Crippen LogP contribution in [0.1, 0.15) is 37.5 Å². The van der Waals surface area contributed by atoms with Crippen molar-refractivity contribution < 1.29 is 17.6 Å².